The van der Waals surface area contributed by atoms with E-state index in [2.05, 4.69) is 9.98 Å². The molecule has 10 heteroatoms. The van der Waals surface area contributed by atoms with Gasteiger partial charge >= 0.3 is 11.8 Å². The number of nitrogens with zero attached hydrogens (tertiary/aromatic N) is 3. The Labute approximate surface area is 157 Å². The maximum absolute atomic E-state index is 13.3. The zero-order valence-electron chi connectivity index (χ0n) is 14.8. The summed E-state index contributed by atoms with van der Waals surface area (Å²) >= 11 is 0. The summed E-state index contributed by atoms with van der Waals surface area (Å²) in [6.45, 7) is 0. The molecule has 0 atom stereocenters. The number of aliphatic imine (C=N–C) groups is 2. The van der Waals surface area contributed by atoms with Crippen LogP contribution in [0.15, 0.2) is 43.5 Å². The molecular weight excluding hydrogens is 375 g/mol. The second-order valence-corrected chi connectivity index (χ2v) is 6.98. The average molecular weight is 393 g/mol. The Balaban J connectivity index is 1.88. The maximum Gasteiger partial charge on any atom is 0.417 e. The number of hydrogen-bond donors (Lipinski definition) is 2. The molecule has 28 heavy (non-hydrogen) atoms. The molecule has 1 saturated carbocycles. The molecule has 0 unspecified atom stereocenters. The Morgan fingerprint density at radius 2 is 1.82 bits per heavy atom. The van der Waals surface area contributed by atoms with Crippen molar-refractivity contribution in [2.24, 2.45) is 21.5 Å². The quantitative estimate of drug-likeness (QED) is 0.724. The summed E-state index contributed by atoms with van der Waals surface area (Å²) in [6, 6.07) is 4.57. The number of alkyl halides is 3. The van der Waals surface area contributed by atoms with Crippen molar-refractivity contribution in [2.45, 2.75) is 43.9 Å². The topological polar surface area (TPSA) is 110 Å². The molecule has 1 aliphatic carbocycles. The van der Waals surface area contributed by atoms with E-state index in [0.717, 1.165) is 19.3 Å². The Morgan fingerprint density at radius 1 is 1.11 bits per heavy atom. The minimum atomic E-state index is -4.68. The van der Waals surface area contributed by atoms with Crippen LogP contribution in [0.3, 0.4) is 0 Å². The molecule has 4 N–H and O–H groups in total. The summed E-state index contributed by atoms with van der Waals surface area (Å²) in [4.78, 5) is 21.9. The highest BCUT2D eigenvalue weighted by Gasteiger charge is 2.43. The fraction of sp³-hybridized carbons (Fsp3) is 0.389. The van der Waals surface area contributed by atoms with Crippen LogP contribution in [0.5, 0.6) is 0 Å². The van der Waals surface area contributed by atoms with Gasteiger partial charge in [0.1, 0.15) is 11.2 Å². The summed E-state index contributed by atoms with van der Waals surface area (Å²) in [7, 11) is 0. The Morgan fingerprint density at radius 3 is 2.50 bits per heavy atom. The lowest BCUT2D eigenvalue weighted by Gasteiger charge is -2.45. The van der Waals surface area contributed by atoms with Gasteiger partial charge in [-0.2, -0.15) is 18.2 Å². The lowest BCUT2D eigenvalue weighted by atomic mass is 9.87. The maximum atomic E-state index is 13.3. The number of guanidine groups is 2. The van der Waals surface area contributed by atoms with Crippen molar-refractivity contribution >= 4 is 28.6 Å². The van der Waals surface area contributed by atoms with Crippen LogP contribution in [0.25, 0.3) is 11.0 Å². The Bertz CT molecular complexity index is 1050. The Kier molecular flexibility index (Phi) is 4.09. The van der Waals surface area contributed by atoms with Crippen LogP contribution in [0.4, 0.5) is 18.9 Å². The van der Waals surface area contributed by atoms with Gasteiger partial charge in [-0.25, -0.2) is 9.79 Å². The second-order valence-electron chi connectivity index (χ2n) is 6.98. The summed E-state index contributed by atoms with van der Waals surface area (Å²) in [6.07, 6.45) is -0.472. The monoisotopic (exact) mass is 393 g/mol. The number of halogens is 3. The van der Waals surface area contributed by atoms with Crippen LogP contribution >= 0.6 is 0 Å². The lowest BCUT2D eigenvalue weighted by molar-refractivity contribution is -0.136. The van der Waals surface area contributed by atoms with E-state index in [1.165, 1.54) is 18.2 Å². The van der Waals surface area contributed by atoms with Crippen molar-refractivity contribution in [1.82, 2.24) is 0 Å². The molecular formula is C18H18F3N5O2. The molecule has 1 aliphatic heterocycles. The molecule has 4 rings (SSSR count). The molecule has 1 aromatic carbocycles. The number of rotatable bonds is 1. The van der Waals surface area contributed by atoms with E-state index >= 15 is 0 Å². The van der Waals surface area contributed by atoms with E-state index < -0.39 is 23.0 Å². The lowest BCUT2D eigenvalue weighted by Crippen LogP contribution is -2.58. The SMILES string of the molecule is NC1=NC2(CCCCC2)N(c2ccc3c(C(F)(F)F)cc(=O)oc3c2)C(N)=N1. The van der Waals surface area contributed by atoms with E-state index in [1.807, 2.05) is 0 Å². The number of fused-ring (bicyclic) bond motifs is 1. The first kappa shape index (κ1) is 18.3. The highest BCUT2D eigenvalue weighted by molar-refractivity contribution is 6.06. The smallest absolute Gasteiger partial charge is 0.417 e. The number of benzene rings is 1. The normalized spacial score (nSPS) is 19.6. The van der Waals surface area contributed by atoms with E-state index in [4.69, 9.17) is 15.9 Å². The van der Waals surface area contributed by atoms with Gasteiger partial charge in [-0.15, -0.1) is 0 Å². The molecule has 2 aliphatic rings. The summed E-state index contributed by atoms with van der Waals surface area (Å²) < 4.78 is 44.9. The van der Waals surface area contributed by atoms with E-state index in [9.17, 15) is 18.0 Å². The number of nitrogens with two attached hydrogens (primary N) is 2. The molecule has 2 aromatic rings. The van der Waals surface area contributed by atoms with Crippen LogP contribution < -0.4 is 22.0 Å². The van der Waals surface area contributed by atoms with Gasteiger partial charge in [-0.3, -0.25) is 4.90 Å². The minimum absolute atomic E-state index is 0.0716. The van der Waals surface area contributed by atoms with Crippen LogP contribution in [0.1, 0.15) is 37.7 Å². The van der Waals surface area contributed by atoms with Crippen LogP contribution in [0.2, 0.25) is 0 Å². The first-order chi connectivity index (χ1) is 13.2. The molecule has 148 valence electrons. The van der Waals surface area contributed by atoms with E-state index in [1.54, 1.807) is 4.90 Å². The fourth-order valence-corrected chi connectivity index (χ4v) is 4.02. The number of hydrogen-bond acceptors (Lipinski definition) is 7. The van der Waals surface area contributed by atoms with E-state index in [0.29, 0.717) is 24.6 Å². The van der Waals surface area contributed by atoms with Crippen molar-refractivity contribution in [2.75, 3.05) is 4.90 Å². The van der Waals surface area contributed by atoms with Crippen molar-refractivity contribution in [3.05, 3.63) is 40.2 Å². The van der Waals surface area contributed by atoms with Gasteiger partial charge < -0.3 is 15.9 Å². The fourth-order valence-electron chi connectivity index (χ4n) is 4.02. The van der Waals surface area contributed by atoms with Crippen LogP contribution in [0, 0.1) is 0 Å². The van der Waals surface area contributed by atoms with Gasteiger partial charge in [-0.05, 0) is 37.8 Å². The largest absolute Gasteiger partial charge is 0.423 e. The van der Waals surface area contributed by atoms with E-state index in [-0.39, 0.29) is 22.9 Å². The summed E-state index contributed by atoms with van der Waals surface area (Å²) in [5, 5.41) is -0.205. The van der Waals surface area contributed by atoms with Crippen LogP contribution in [-0.4, -0.2) is 17.6 Å². The second kappa shape index (κ2) is 6.25. The van der Waals surface area contributed by atoms with Gasteiger partial charge in [0.05, 0.1) is 11.3 Å². The van der Waals surface area contributed by atoms with Gasteiger partial charge in [-0.1, -0.05) is 6.42 Å². The highest BCUT2D eigenvalue weighted by atomic mass is 19.4. The predicted octanol–water partition coefficient (Wildman–Crippen LogP) is 2.92. The molecule has 0 amide bonds. The van der Waals surface area contributed by atoms with Crippen molar-refractivity contribution < 1.29 is 17.6 Å². The summed E-state index contributed by atoms with van der Waals surface area (Å²) in [5.41, 5.74) is 9.34. The zero-order chi connectivity index (χ0) is 20.1. The van der Waals surface area contributed by atoms with Crippen molar-refractivity contribution in [1.29, 1.82) is 0 Å². The van der Waals surface area contributed by atoms with Gasteiger partial charge in [0.25, 0.3) is 0 Å². The molecule has 7 nitrogen and oxygen atoms in total. The molecule has 0 radical (unpaired) electrons. The highest BCUT2D eigenvalue weighted by Crippen LogP contribution is 2.41. The molecule has 1 spiro atoms. The number of anilines is 1. The molecule has 0 saturated heterocycles. The predicted molar refractivity (Wildman–Crippen MR) is 99.0 cm³/mol. The van der Waals surface area contributed by atoms with Gasteiger partial charge in [0.15, 0.2) is 0 Å². The third-order valence-electron chi connectivity index (χ3n) is 5.14. The molecule has 1 aromatic heterocycles. The van der Waals surface area contributed by atoms with Gasteiger partial charge in [0, 0.05) is 17.5 Å². The standard InChI is InChI=1S/C18H18F3N5O2/c19-18(20,21)12-9-14(27)28-13-8-10(4-5-11(12)13)26-16(23)24-15(22)25-17(26)6-2-1-3-7-17/h4-5,8-9H,1-3,6-7H2,(H4,22,23,24,25). The first-order valence-corrected chi connectivity index (χ1v) is 8.84. The Hall–Kier alpha value is -3.04. The minimum Gasteiger partial charge on any atom is -0.423 e. The zero-order valence-corrected chi connectivity index (χ0v) is 14.8. The third kappa shape index (κ3) is 2.98. The van der Waals surface area contributed by atoms with Crippen molar-refractivity contribution in [3.63, 3.8) is 0 Å². The first-order valence-electron chi connectivity index (χ1n) is 8.84. The average Bonchev–Trinajstić information content (AvgIpc) is 2.59. The van der Waals surface area contributed by atoms with Crippen molar-refractivity contribution in [3.8, 4) is 0 Å². The molecule has 0 bridgehead atoms. The third-order valence-corrected chi connectivity index (χ3v) is 5.14. The molecule has 2 heterocycles. The molecule has 1 fully saturated rings. The summed E-state index contributed by atoms with van der Waals surface area (Å²) in [5.74, 6) is 0.172. The van der Waals surface area contributed by atoms with Gasteiger partial charge in [0.2, 0.25) is 11.9 Å². The van der Waals surface area contributed by atoms with Crippen LogP contribution in [-0.2, 0) is 6.18 Å².